The van der Waals surface area contributed by atoms with Crippen LogP contribution in [0.25, 0.3) is 0 Å². The molecule has 0 radical (unpaired) electrons. The van der Waals surface area contributed by atoms with Gasteiger partial charge in [0.1, 0.15) is 0 Å². The molecule has 0 bridgehead atoms. The first kappa shape index (κ1) is 36.2. The first-order valence-corrected chi connectivity index (χ1v) is 5.29. The van der Waals surface area contributed by atoms with Crippen molar-refractivity contribution in [1.82, 2.24) is 6.15 Å². The standard InChI is InChI=1S/4CHNS.Cr.H3N.2H2N/c4*2-1-3;;;;/h4*3H;;1H3;2*1H2/q;;;;+5;;2*-1/p-3. The fraction of sp³-hybridized carbons (Fsp3) is 0. The molecule has 12 heteroatoms. The molecule has 0 spiro atoms. The van der Waals surface area contributed by atoms with Crippen molar-refractivity contribution in [1.29, 1.82) is 21.0 Å². The van der Waals surface area contributed by atoms with Crippen LogP contribution in [0.2, 0.25) is 0 Å². The molecule has 0 aliphatic rings. The molecule has 7 nitrogen and oxygen atoms in total. The molecule has 0 atom stereocenters. The SMILES string of the molecule is N#C[S-].N#C[S-].N#C[S-].N#C[S-].[NH2][Cr+3][NH2].[NH4+]. The zero-order chi connectivity index (χ0) is 13.5. The maximum absolute atomic E-state index is 7.13. The van der Waals surface area contributed by atoms with Crippen molar-refractivity contribution >= 4 is 50.5 Å². The Morgan fingerprint density at radius 1 is 0.688 bits per heavy atom. The van der Waals surface area contributed by atoms with Crippen molar-refractivity contribution in [3.63, 3.8) is 0 Å². The first-order valence-electron chi connectivity index (χ1n) is 2.18. The molecule has 8 N–H and O–H groups in total. The Balaban J connectivity index is -0.0000000192. The molecule has 0 aromatic rings. The van der Waals surface area contributed by atoms with Crippen LogP contribution in [0.4, 0.5) is 0 Å². The van der Waals surface area contributed by atoms with E-state index in [-0.39, 0.29) is 21.8 Å². The fourth-order valence-electron chi connectivity index (χ4n) is 0. The van der Waals surface area contributed by atoms with Crippen LogP contribution >= 0.6 is 0 Å². The Morgan fingerprint density at radius 3 is 0.688 bits per heavy atom. The van der Waals surface area contributed by atoms with Gasteiger partial charge in [0.15, 0.2) is 0 Å². The van der Waals surface area contributed by atoms with Gasteiger partial charge in [-0.3, -0.25) is 0 Å². The van der Waals surface area contributed by atoms with Crippen LogP contribution in [0.5, 0.6) is 0 Å². The average molecular weight is 334 g/mol. The van der Waals surface area contributed by atoms with Crippen LogP contribution in [0.15, 0.2) is 0 Å². The van der Waals surface area contributed by atoms with E-state index in [1.165, 1.54) is 21.6 Å². The van der Waals surface area contributed by atoms with Crippen LogP contribution < -0.4 is 15.6 Å². The van der Waals surface area contributed by atoms with E-state index >= 15 is 0 Å². The molecule has 0 rings (SSSR count). The molecule has 0 unspecified atom stereocenters. The summed E-state index contributed by atoms with van der Waals surface area (Å²) in [7, 11) is 0. The van der Waals surface area contributed by atoms with E-state index in [0.717, 1.165) is 0 Å². The Labute approximate surface area is 124 Å². The summed E-state index contributed by atoms with van der Waals surface area (Å²) in [5.41, 5.74) is 0. The average Bonchev–Trinajstić information content (AvgIpc) is 2.09. The van der Waals surface area contributed by atoms with Gasteiger partial charge in [-0.15, -0.1) is 0 Å². The molecule has 0 fully saturated rings. The minimum Gasteiger partial charge on any atom is -0.369 e. The maximum atomic E-state index is 7.13. The third kappa shape index (κ3) is 3560. The molecule has 0 saturated carbocycles. The van der Waals surface area contributed by atoms with Gasteiger partial charge in [-0.2, -0.15) is 0 Å². The minimum atomic E-state index is -0.125. The van der Waals surface area contributed by atoms with Gasteiger partial charge in [-0.1, -0.05) is 21.6 Å². The summed E-state index contributed by atoms with van der Waals surface area (Å²) in [6.07, 6.45) is 0. The molecule has 0 aromatic carbocycles. The molecule has 0 saturated heterocycles. The number of quaternary nitrogens is 1. The van der Waals surface area contributed by atoms with E-state index in [2.05, 4.69) is 59.9 Å². The second-order valence-electron chi connectivity index (χ2n) is 0.501. The summed E-state index contributed by atoms with van der Waals surface area (Å²) >= 11 is 14.7. The summed E-state index contributed by atoms with van der Waals surface area (Å²) in [4.78, 5) is 0. The fourth-order valence-corrected chi connectivity index (χ4v) is 0. The minimum absolute atomic E-state index is 0. The quantitative estimate of drug-likeness (QED) is 0.376. The number of nitrogens with two attached hydrogens (primary N) is 2. The van der Waals surface area contributed by atoms with Crippen LogP contribution in [0.3, 0.4) is 0 Å². The number of rotatable bonds is 0. The zero-order valence-electron chi connectivity index (χ0n) is 7.98. The number of nitrogens with zero attached hydrogens (tertiary/aromatic N) is 4. The van der Waals surface area contributed by atoms with Gasteiger partial charge >= 0.3 is 25.1 Å². The third-order valence-electron chi connectivity index (χ3n) is 0. The van der Waals surface area contributed by atoms with Crippen molar-refractivity contribution in [2.24, 2.45) is 9.43 Å². The van der Waals surface area contributed by atoms with Gasteiger partial charge in [0.25, 0.3) is 0 Å². The van der Waals surface area contributed by atoms with Crippen LogP contribution in [-0.4, -0.2) is 0 Å². The van der Waals surface area contributed by atoms with Crippen molar-refractivity contribution in [2.45, 2.75) is 0 Å². The molecule has 16 heavy (non-hydrogen) atoms. The number of nitriles is 4. The van der Waals surface area contributed by atoms with Gasteiger partial charge in [0, 0.05) is 0 Å². The molecule has 0 amide bonds. The Kier molecular flexibility index (Phi) is 313. The van der Waals surface area contributed by atoms with E-state index in [9.17, 15) is 0 Å². The molecule has 0 heterocycles. The Hall–Kier alpha value is -0.748. The largest absolute Gasteiger partial charge is 0.369 e. The third-order valence-corrected chi connectivity index (χ3v) is 0. The van der Waals surface area contributed by atoms with Gasteiger partial charge in [0.2, 0.25) is 0 Å². The molecular formula is C4H8CrN7S4. The summed E-state index contributed by atoms with van der Waals surface area (Å²) in [5, 5.41) is 33.9. The normalized spacial score (nSPS) is 2.38. The molecule has 0 aliphatic heterocycles. The van der Waals surface area contributed by atoms with Crippen molar-refractivity contribution in [2.75, 3.05) is 0 Å². The number of hydrogen-bond donors (Lipinski definition) is 3. The van der Waals surface area contributed by atoms with Gasteiger partial charge in [-0.05, 0) is 0 Å². The second-order valence-corrected chi connectivity index (χ2v) is 1.66. The topological polar surface area (TPSA) is 184 Å². The predicted octanol–water partition coefficient (Wildman–Crippen LogP) is -0.750. The van der Waals surface area contributed by atoms with Crippen LogP contribution in [0.1, 0.15) is 0 Å². The Bertz CT molecular complexity index is 175. The summed E-state index contributed by atoms with van der Waals surface area (Å²) in [6.45, 7) is 0. The predicted molar refractivity (Wildman–Crippen MR) is 66.3 cm³/mol. The van der Waals surface area contributed by atoms with E-state index in [0.29, 0.717) is 0 Å². The van der Waals surface area contributed by atoms with E-state index in [1.807, 2.05) is 0 Å². The van der Waals surface area contributed by atoms with Gasteiger partial charge < -0.3 is 56.7 Å². The second kappa shape index (κ2) is 138. The number of thiocyanates is 4. The smallest absolute Gasteiger partial charge is 0.369 e. The van der Waals surface area contributed by atoms with Crippen LogP contribution in [0, 0.1) is 42.7 Å². The number of hydrogen-bond acceptors (Lipinski definition) is 10. The van der Waals surface area contributed by atoms with Crippen molar-refractivity contribution in [3.8, 4) is 21.6 Å². The molecule has 89 valence electrons. The summed E-state index contributed by atoms with van der Waals surface area (Å²) in [6, 6.07) is 0. The van der Waals surface area contributed by atoms with E-state index in [1.54, 1.807) is 0 Å². The summed E-state index contributed by atoms with van der Waals surface area (Å²) in [5.74, 6) is 0. The van der Waals surface area contributed by atoms with E-state index in [4.69, 9.17) is 21.0 Å². The molecular weight excluding hydrogens is 326 g/mol. The first-order chi connectivity index (χ1) is 7.07. The van der Waals surface area contributed by atoms with Gasteiger partial charge in [-0.25, -0.2) is 21.0 Å². The van der Waals surface area contributed by atoms with Gasteiger partial charge in [0.05, 0.1) is 0 Å². The Morgan fingerprint density at radius 2 is 0.688 bits per heavy atom. The van der Waals surface area contributed by atoms with Crippen molar-refractivity contribution < 1.29 is 15.7 Å². The van der Waals surface area contributed by atoms with E-state index < -0.39 is 0 Å². The monoisotopic (exact) mass is 334 g/mol. The van der Waals surface area contributed by atoms with Crippen molar-refractivity contribution in [3.05, 3.63) is 0 Å². The maximum Gasteiger partial charge on any atom is -0.369 e. The van der Waals surface area contributed by atoms with Crippen LogP contribution in [-0.2, 0) is 66.2 Å². The molecule has 0 aromatic heterocycles. The zero-order valence-corrected chi connectivity index (χ0v) is 12.5. The molecule has 0 aliphatic carbocycles. The summed E-state index contributed by atoms with van der Waals surface area (Å²) < 4.78 is 9.38.